The lowest BCUT2D eigenvalue weighted by molar-refractivity contribution is 0.0963. The molecule has 0 saturated heterocycles. The maximum Gasteiger partial charge on any atom is 0.251 e. The van der Waals surface area contributed by atoms with Crippen molar-refractivity contribution in [3.8, 4) is 0 Å². The number of carbonyl (C=O) groups is 1. The third-order valence-corrected chi connectivity index (χ3v) is 8.22. The first kappa shape index (κ1) is 26.7. The maximum absolute atomic E-state index is 12.7. The second-order valence-electron chi connectivity index (χ2n) is 9.07. The molecule has 3 N–H and O–H groups in total. The van der Waals surface area contributed by atoms with Crippen LogP contribution in [0.5, 0.6) is 0 Å². The molecule has 3 rings (SSSR count). The molecule has 0 saturated carbocycles. The number of nitrogens with one attached hydrogen (secondary N) is 1. The van der Waals surface area contributed by atoms with Crippen molar-refractivity contribution in [2.24, 2.45) is 0 Å². The van der Waals surface area contributed by atoms with Gasteiger partial charge in [0.25, 0.3) is 5.91 Å². The summed E-state index contributed by atoms with van der Waals surface area (Å²) in [5.74, 6) is 1.58. The Kier molecular flexibility index (Phi) is 8.88. The lowest BCUT2D eigenvalue weighted by atomic mass is 10.1. The molecule has 0 fully saturated rings. The van der Waals surface area contributed by atoms with Gasteiger partial charge in [-0.1, -0.05) is 19.1 Å². The van der Waals surface area contributed by atoms with E-state index in [-0.39, 0.29) is 17.4 Å². The number of anilines is 1. The number of hydrogen-bond donors (Lipinski definition) is 2. The fourth-order valence-electron chi connectivity index (χ4n) is 4.36. The molecule has 0 bridgehead atoms. The molecule has 1 amide bonds. The van der Waals surface area contributed by atoms with E-state index in [1.807, 2.05) is 26.0 Å². The molecule has 0 aliphatic rings. The minimum absolute atomic E-state index is 0.112. The lowest BCUT2D eigenvalue weighted by Crippen LogP contribution is -2.17. The van der Waals surface area contributed by atoms with Crippen molar-refractivity contribution in [2.45, 2.75) is 65.8 Å². The van der Waals surface area contributed by atoms with E-state index < -0.39 is 9.84 Å². The van der Waals surface area contributed by atoms with E-state index in [4.69, 9.17) is 10.7 Å². The number of carbonyl (C=O) groups excluding carboxylic acids is 1. The molecule has 35 heavy (non-hydrogen) atoms. The van der Waals surface area contributed by atoms with Gasteiger partial charge in [-0.25, -0.2) is 18.4 Å². The van der Waals surface area contributed by atoms with Gasteiger partial charge in [0, 0.05) is 31.3 Å². The third-order valence-electron chi connectivity index (χ3n) is 6.40. The van der Waals surface area contributed by atoms with E-state index in [9.17, 15) is 13.2 Å². The number of aryl methyl sites for hydroxylation is 5. The molecule has 0 spiro atoms. The first-order valence-electron chi connectivity index (χ1n) is 12.3. The molecule has 3 aromatic rings. The Labute approximate surface area is 208 Å². The van der Waals surface area contributed by atoms with Crippen LogP contribution in [0.15, 0.2) is 24.3 Å². The standard InChI is InChI=1S/C26H37N5O3S/c1-5-9-22-30-23-24(18(2)19(3)29-25(23)27)31(22)15-8-17-35(33,34)16-7-6-10-20-11-13-21(14-12-20)26(32)28-4/h11-14H,5-10,15-17H2,1-4H3,(H2,27,29)(H,28,32). The first-order valence-corrected chi connectivity index (χ1v) is 14.1. The predicted molar refractivity (Wildman–Crippen MR) is 141 cm³/mol. The summed E-state index contributed by atoms with van der Waals surface area (Å²) in [4.78, 5) is 20.8. The zero-order valence-electron chi connectivity index (χ0n) is 21.2. The molecule has 1 aromatic carbocycles. The quantitative estimate of drug-likeness (QED) is 0.366. The van der Waals surface area contributed by atoms with Crippen LogP contribution in [0.1, 0.15) is 65.6 Å². The van der Waals surface area contributed by atoms with Crippen molar-refractivity contribution in [3.63, 3.8) is 0 Å². The number of sulfone groups is 1. The SMILES string of the molecule is CCCc1nc2c(N)nc(C)c(C)c2n1CCCS(=O)(=O)CCCCc1ccc(C(=O)NC)cc1. The molecule has 190 valence electrons. The number of nitrogens with two attached hydrogens (primary N) is 1. The second kappa shape index (κ2) is 11.7. The van der Waals surface area contributed by atoms with Gasteiger partial charge >= 0.3 is 0 Å². The van der Waals surface area contributed by atoms with Crippen molar-refractivity contribution in [1.29, 1.82) is 0 Å². The fourth-order valence-corrected chi connectivity index (χ4v) is 5.78. The fraction of sp³-hybridized carbons (Fsp3) is 0.500. The van der Waals surface area contributed by atoms with E-state index in [0.717, 1.165) is 53.8 Å². The first-order chi connectivity index (χ1) is 16.7. The molecule has 8 nitrogen and oxygen atoms in total. The number of pyridine rings is 1. The Morgan fingerprint density at radius 2 is 1.71 bits per heavy atom. The summed E-state index contributed by atoms with van der Waals surface area (Å²) in [5.41, 5.74) is 11.5. The number of nitrogens with zero attached hydrogens (tertiary/aromatic N) is 3. The van der Waals surface area contributed by atoms with E-state index in [1.54, 1.807) is 19.2 Å². The maximum atomic E-state index is 12.7. The Morgan fingerprint density at radius 1 is 1.03 bits per heavy atom. The number of hydrogen-bond acceptors (Lipinski definition) is 6. The van der Waals surface area contributed by atoms with Crippen LogP contribution in [0.4, 0.5) is 5.82 Å². The van der Waals surface area contributed by atoms with Crippen LogP contribution in [-0.2, 0) is 29.2 Å². The highest BCUT2D eigenvalue weighted by atomic mass is 32.2. The summed E-state index contributed by atoms with van der Waals surface area (Å²) in [6.45, 7) is 6.64. The number of amides is 1. The third kappa shape index (κ3) is 6.60. The topological polar surface area (TPSA) is 120 Å². The Hall–Kier alpha value is -2.94. The van der Waals surface area contributed by atoms with Crippen LogP contribution in [0.25, 0.3) is 11.0 Å². The lowest BCUT2D eigenvalue weighted by Gasteiger charge is -2.12. The van der Waals surface area contributed by atoms with Gasteiger partial charge < -0.3 is 15.6 Å². The normalized spacial score (nSPS) is 11.8. The summed E-state index contributed by atoms with van der Waals surface area (Å²) in [7, 11) is -1.53. The minimum atomic E-state index is -3.14. The smallest absolute Gasteiger partial charge is 0.251 e. The van der Waals surface area contributed by atoms with Crippen LogP contribution in [0, 0.1) is 13.8 Å². The van der Waals surface area contributed by atoms with Crippen molar-refractivity contribution in [3.05, 3.63) is 52.5 Å². The van der Waals surface area contributed by atoms with Gasteiger partial charge in [-0.05, 0) is 69.2 Å². The number of imidazole rings is 1. The zero-order chi connectivity index (χ0) is 25.6. The average Bonchev–Trinajstić information content (AvgIpc) is 3.19. The minimum Gasteiger partial charge on any atom is -0.382 e. The van der Waals surface area contributed by atoms with Crippen LogP contribution >= 0.6 is 0 Å². The average molecular weight is 500 g/mol. The molecule has 0 aliphatic carbocycles. The van der Waals surface area contributed by atoms with Crippen LogP contribution in [0.2, 0.25) is 0 Å². The highest BCUT2D eigenvalue weighted by Gasteiger charge is 2.18. The molecular weight excluding hydrogens is 462 g/mol. The molecule has 2 heterocycles. The number of unbranched alkanes of at least 4 members (excludes halogenated alkanes) is 1. The van der Waals surface area contributed by atoms with Gasteiger partial charge in [-0.3, -0.25) is 4.79 Å². The summed E-state index contributed by atoms with van der Waals surface area (Å²) in [6.07, 6.45) is 4.49. The van der Waals surface area contributed by atoms with Crippen molar-refractivity contribution < 1.29 is 13.2 Å². The summed E-state index contributed by atoms with van der Waals surface area (Å²) in [5, 5.41) is 2.60. The Balaban J connectivity index is 1.55. The zero-order valence-corrected chi connectivity index (χ0v) is 22.0. The van der Waals surface area contributed by atoms with E-state index in [0.29, 0.717) is 36.3 Å². The predicted octanol–water partition coefficient (Wildman–Crippen LogP) is 3.77. The molecule has 0 aliphatic heterocycles. The molecule has 0 radical (unpaired) electrons. The molecule has 9 heteroatoms. The van der Waals surface area contributed by atoms with Gasteiger partial charge in [-0.2, -0.15) is 0 Å². The van der Waals surface area contributed by atoms with Gasteiger partial charge in [0.2, 0.25) is 0 Å². The number of benzene rings is 1. The highest BCUT2D eigenvalue weighted by Crippen LogP contribution is 2.27. The number of rotatable bonds is 12. The van der Waals surface area contributed by atoms with E-state index >= 15 is 0 Å². The highest BCUT2D eigenvalue weighted by molar-refractivity contribution is 7.91. The van der Waals surface area contributed by atoms with Gasteiger partial charge in [-0.15, -0.1) is 0 Å². The molecule has 0 atom stereocenters. The number of fused-ring (bicyclic) bond motifs is 1. The Bertz CT molecular complexity index is 1280. The van der Waals surface area contributed by atoms with Crippen LogP contribution < -0.4 is 11.1 Å². The monoisotopic (exact) mass is 499 g/mol. The summed E-state index contributed by atoms with van der Waals surface area (Å²) >= 11 is 0. The van der Waals surface area contributed by atoms with Gasteiger partial charge in [0.15, 0.2) is 5.82 Å². The van der Waals surface area contributed by atoms with Crippen LogP contribution in [-0.4, -0.2) is 47.4 Å². The number of aromatic nitrogens is 3. The van der Waals surface area contributed by atoms with E-state index in [1.165, 1.54) is 0 Å². The van der Waals surface area contributed by atoms with E-state index in [2.05, 4.69) is 21.8 Å². The van der Waals surface area contributed by atoms with Crippen molar-refractivity contribution >= 4 is 32.6 Å². The van der Waals surface area contributed by atoms with Crippen molar-refractivity contribution in [2.75, 3.05) is 24.3 Å². The molecule has 0 unspecified atom stereocenters. The van der Waals surface area contributed by atoms with Crippen LogP contribution in [0.3, 0.4) is 0 Å². The number of nitrogen functional groups attached to an aromatic ring is 1. The second-order valence-corrected chi connectivity index (χ2v) is 11.4. The molecule has 2 aromatic heterocycles. The van der Waals surface area contributed by atoms with Gasteiger partial charge in [0.1, 0.15) is 21.2 Å². The van der Waals surface area contributed by atoms with Crippen molar-refractivity contribution in [1.82, 2.24) is 19.9 Å². The largest absolute Gasteiger partial charge is 0.382 e. The summed E-state index contributed by atoms with van der Waals surface area (Å²) < 4.78 is 27.5. The summed E-state index contributed by atoms with van der Waals surface area (Å²) in [6, 6.07) is 7.44. The van der Waals surface area contributed by atoms with Gasteiger partial charge in [0.05, 0.1) is 17.0 Å². The Morgan fingerprint density at radius 3 is 2.37 bits per heavy atom. The molecular formula is C26H37N5O3S.